The standard InChI is InChI=1S/C2H8N2.4C2H8O6P2/c3-1-2-4;4*3-9(4,5)1-2-10(6,7)8/h1-4H2;4*1-2H2,(H2,3,4,5)(H2,6,7,8). The van der Waals surface area contributed by atoms with E-state index in [0.717, 1.165) is 0 Å². The van der Waals surface area contributed by atoms with Gasteiger partial charge in [0.15, 0.2) is 0 Å². The van der Waals surface area contributed by atoms with E-state index in [1.165, 1.54) is 0 Å². The lowest BCUT2D eigenvalue weighted by molar-refractivity contribution is 0.360. The Hall–Kier alpha value is 1.12. The molecule has 44 heavy (non-hydrogen) atoms. The molecule has 0 bridgehead atoms. The summed E-state index contributed by atoms with van der Waals surface area (Å²) in [6.45, 7) is 1.19. The predicted molar refractivity (Wildman–Crippen MR) is 153 cm³/mol. The van der Waals surface area contributed by atoms with Gasteiger partial charge in [0.25, 0.3) is 0 Å². The number of nitrogens with two attached hydrogens (primary N) is 2. The largest absolute Gasteiger partial charge is 0.329 e. The molecule has 0 spiro atoms. The Labute approximate surface area is 249 Å². The van der Waals surface area contributed by atoms with Crippen LogP contribution >= 0.6 is 60.8 Å². The minimum atomic E-state index is -4.25. The van der Waals surface area contributed by atoms with Gasteiger partial charge in [0.1, 0.15) is 0 Å². The summed E-state index contributed by atoms with van der Waals surface area (Å²) >= 11 is 0. The van der Waals surface area contributed by atoms with Gasteiger partial charge in [-0.2, -0.15) is 0 Å². The van der Waals surface area contributed by atoms with Gasteiger partial charge in [0, 0.05) is 13.1 Å². The van der Waals surface area contributed by atoms with Crippen LogP contribution in [0.5, 0.6) is 0 Å². The maximum absolute atomic E-state index is 10.0. The zero-order valence-corrected chi connectivity index (χ0v) is 29.4. The summed E-state index contributed by atoms with van der Waals surface area (Å²) < 4.78 is 80.2. The zero-order valence-electron chi connectivity index (χ0n) is 22.2. The van der Waals surface area contributed by atoms with Gasteiger partial charge in [-0.15, -0.1) is 0 Å². The van der Waals surface area contributed by atoms with Crippen LogP contribution in [0, 0.1) is 0 Å². The summed E-state index contributed by atoms with van der Waals surface area (Å²) in [4.78, 5) is 130. The summed E-state index contributed by atoms with van der Waals surface area (Å²) in [5.41, 5.74) is 9.81. The van der Waals surface area contributed by atoms with E-state index < -0.39 is 110 Å². The van der Waals surface area contributed by atoms with Crippen molar-refractivity contribution >= 4 is 60.8 Å². The lowest BCUT2D eigenvalue weighted by Gasteiger charge is -2.03. The van der Waals surface area contributed by atoms with Crippen molar-refractivity contribution in [2.24, 2.45) is 11.5 Å². The van der Waals surface area contributed by atoms with Gasteiger partial charge in [0.05, 0.1) is 49.3 Å². The normalized spacial score (nSPS) is 13.0. The first-order valence-electron chi connectivity index (χ1n) is 10.5. The molecule has 0 saturated heterocycles. The van der Waals surface area contributed by atoms with Crippen LogP contribution in [0.4, 0.5) is 0 Å². The Balaban J connectivity index is -0.000000147. The SMILES string of the molecule is NCCN.O=P(O)(O)CCP(=O)(O)O.O=P(O)(O)CCP(=O)(O)O.O=P(O)(O)CCP(=O)(O)O.O=P(O)(O)CCP(=O)(O)O. The number of hydrogen-bond acceptors (Lipinski definition) is 10. The number of rotatable bonds is 13. The molecule has 26 nitrogen and oxygen atoms in total. The molecule has 0 atom stereocenters. The first kappa shape index (κ1) is 54.6. The van der Waals surface area contributed by atoms with E-state index in [1.807, 2.05) is 0 Å². The maximum Gasteiger partial charge on any atom is 0.326 e. The molecule has 0 aromatic heterocycles. The highest BCUT2D eigenvalue weighted by Gasteiger charge is 2.23. The fourth-order valence-corrected chi connectivity index (χ4v) is 9.38. The van der Waals surface area contributed by atoms with Crippen molar-refractivity contribution in [3.8, 4) is 0 Å². The summed E-state index contributed by atoms with van der Waals surface area (Å²) in [5, 5.41) is 0. The van der Waals surface area contributed by atoms with Crippen LogP contribution in [0.15, 0.2) is 0 Å². The fourth-order valence-electron chi connectivity index (χ4n) is 1.04. The van der Waals surface area contributed by atoms with Crippen LogP contribution in [-0.4, -0.2) is 141 Å². The Morgan fingerprint density at radius 2 is 0.318 bits per heavy atom. The summed E-state index contributed by atoms with van der Waals surface area (Å²) in [6.07, 6.45) is -6.13. The van der Waals surface area contributed by atoms with Crippen LogP contribution in [-0.2, 0) is 36.5 Å². The van der Waals surface area contributed by atoms with Crippen LogP contribution in [0.1, 0.15) is 0 Å². The minimum absolute atomic E-state index is 0.597. The topological polar surface area (TPSA) is 512 Å². The lowest BCUT2D eigenvalue weighted by Crippen LogP contribution is -2.11. The Bertz CT molecular complexity index is 877. The van der Waals surface area contributed by atoms with Gasteiger partial charge in [-0.25, -0.2) is 0 Å². The van der Waals surface area contributed by atoms with Crippen molar-refractivity contribution in [3.05, 3.63) is 0 Å². The molecule has 0 aliphatic carbocycles. The zero-order chi connectivity index (χ0) is 37.1. The van der Waals surface area contributed by atoms with E-state index in [0.29, 0.717) is 13.1 Å². The molecule has 0 heterocycles. The molecule has 0 aromatic rings. The summed E-state index contributed by atoms with van der Waals surface area (Å²) in [5.74, 6) is 0. The third-order valence-corrected chi connectivity index (χ3v) is 10.8. The lowest BCUT2D eigenvalue weighted by atomic mass is 10.7. The van der Waals surface area contributed by atoms with E-state index in [9.17, 15) is 36.5 Å². The molecule has 0 aliphatic rings. The Morgan fingerprint density at radius 1 is 0.250 bits per heavy atom. The third kappa shape index (κ3) is 84.3. The van der Waals surface area contributed by atoms with Crippen LogP contribution < -0.4 is 11.5 Å². The minimum Gasteiger partial charge on any atom is -0.329 e. The molecule has 34 heteroatoms. The first-order chi connectivity index (χ1) is 18.7. The van der Waals surface area contributed by atoms with Crippen molar-refractivity contribution in [2.45, 2.75) is 0 Å². The van der Waals surface area contributed by atoms with Crippen molar-refractivity contribution in [1.82, 2.24) is 0 Å². The van der Waals surface area contributed by atoms with Crippen molar-refractivity contribution < 1.29 is 115 Å². The van der Waals surface area contributed by atoms with Crippen LogP contribution in [0.3, 0.4) is 0 Å². The van der Waals surface area contributed by atoms with Crippen LogP contribution in [0.25, 0.3) is 0 Å². The molecule has 0 fully saturated rings. The molecular weight excluding hydrogens is 780 g/mol. The average Bonchev–Trinajstić information content (AvgIpc) is 2.72. The molecule has 0 unspecified atom stereocenters. The molecule has 0 rings (SSSR count). The molecule has 0 aliphatic heterocycles. The quantitative estimate of drug-likeness (QED) is 0.0794. The van der Waals surface area contributed by atoms with Gasteiger partial charge in [-0.05, 0) is 0 Å². The smallest absolute Gasteiger partial charge is 0.326 e. The van der Waals surface area contributed by atoms with E-state index >= 15 is 0 Å². The fraction of sp³-hybridized carbons (Fsp3) is 1.00. The highest BCUT2D eigenvalue weighted by Crippen LogP contribution is 2.44. The molecule has 0 radical (unpaired) electrons. The van der Waals surface area contributed by atoms with Gasteiger partial charge >= 0.3 is 60.8 Å². The highest BCUT2D eigenvalue weighted by molar-refractivity contribution is 7.57. The highest BCUT2D eigenvalue weighted by atomic mass is 31.2. The van der Waals surface area contributed by atoms with E-state index in [1.54, 1.807) is 0 Å². The number of hydrogen-bond donors (Lipinski definition) is 18. The molecule has 20 N–H and O–H groups in total. The van der Waals surface area contributed by atoms with Gasteiger partial charge in [0.2, 0.25) is 0 Å². The third-order valence-electron chi connectivity index (χ3n) is 2.90. The maximum atomic E-state index is 10.0. The van der Waals surface area contributed by atoms with E-state index in [2.05, 4.69) is 0 Å². The average molecular weight is 820 g/mol. The predicted octanol–water partition coefficient (Wildman–Crippen LogP) is -3.73. The van der Waals surface area contributed by atoms with Crippen molar-refractivity contribution in [1.29, 1.82) is 0 Å². The van der Waals surface area contributed by atoms with Crippen LogP contribution in [0.2, 0.25) is 0 Å². The van der Waals surface area contributed by atoms with Crippen molar-refractivity contribution in [3.63, 3.8) is 0 Å². The Morgan fingerprint density at radius 3 is 0.341 bits per heavy atom. The van der Waals surface area contributed by atoms with E-state index in [-0.39, 0.29) is 0 Å². The second kappa shape index (κ2) is 23.5. The second-order valence-corrected chi connectivity index (χ2v) is 21.9. The van der Waals surface area contributed by atoms with Crippen molar-refractivity contribution in [2.75, 3.05) is 62.4 Å². The first-order valence-corrected chi connectivity index (χ1v) is 24.9. The van der Waals surface area contributed by atoms with E-state index in [4.69, 9.17) is 89.8 Å². The van der Waals surface area contributed by atoms with Gasteiger partial charge < -0.3 is 89.8 Å². The summed E-state index contributed by atoms with van der Waals surface area (Å²) in [6, 6.07) is 0. The second-order valence-electron chi connectivity index (χ2n) is 7.68. The molecule has 274 valence electrons. The summed E-state index contributed by atoms with van der Waals surface area (Å²) in [7, 11) is -34.0. The monoisotopic (exact) mass is 820 g/mol. The molecule has 0 amide bonds. The Kier molecular flexibility index (Phi) is 29.1. The molecule has 0 saturated carbocycles. The van der Waals surface area contributed by atoms with Gasteiger partial charge in [-0.3, -0.25) is 36.5 Å². The molecular formula is C10H40N2O24P8. The molecule has 0 aromatic carbocycles. The van der Waals surface area contributed by atoms with Gasteiger partial charge in [-0.1, -0.05) is 0 Å².